The van der Waals surface area contributed by atoms with Crippen molar-refractivity contribution in [3.05, 3.63) is 70.6 Å². The van der Waals surface area contributed by atoms with Crippen molar-refractivity contribution in [2.45, 2.75) is 5.92 Å². The molecule has 0 saturated heterocycles. The molecule has 19 heavy (non-hydrogen) atoms. The molecule has 0 aliphatic heterocycles. The van der Waals surface area contributed by atoms with Crippen molar-refractivity contribution in [3.8, 4) is 6.07 Å². The predicted molar refractivity (Wildman–Crippen MR) is 76.8 cm³/mol. The number of imidazole rings is 1. The molecule has 1 atom stereocenters. The van der Waals surface area contributed by atoms with Crippen LogP contribution in [-0.4, -0.2) is 9.38 Å². The van der Waals surface area contributed by atoms with Gasteiger partial charge in [0.15, 0.2) is 0 Å². The molecule has 0 fully saturated rings. The second-order valence-electron chi connectivity index (χ2n) is 4.25. The molecule has 2 heterocycles. The summed E-state index contributed by atoms with van der Waals surface area (Å²) in [5.74, 6) is -0.333. The monoisotopic (exact) mass is 311 g/mol. The lowest BCUT2D eigenvalue weighted by Gasteiger charge is -2.05. The molecule has 0 saturated carbocycles. The van der Waals surface area contributed by atoms with Gasteiger partial charge in [0.25, 0.3) is 0 Å². The Morgan fingerprint density at radius 2 is 1.89 bits per heavy atom. The molecular formula is C15H10BrN3. The van der Waals surface area contributed by atoms with Crippen molar-refractivity contribution in [3.63, 3.8) is 0 Å². The van der Waals surface area contributed by atoms with Gasteiger partial charge in [0.1, 0.15) is 11.6 Å². The Balaban J connectivity index is 2.10. The lowest BCUT2D eigenvalue weighted by atomic mass is 9.98. The average molecular weight is 312 g/mol. The first-order valence-electron chi connectivity index (χ1n) is 5.86. The Morgan fingerprint density at radius 3 is 2.63 bits per heavy atom. The first-order valence-corrected chi connectivity index (χ1v) is 6.66. The maximum atomic E-state index is 9.40. The smallest absolute Gasteiger partial charge is 0.137 e. The van der Waals surface area contributed by atoms with Crippen molar-refractivity contribution in [1.29, 1.82) is 5.26 Å². The van der Waals surface area contributed by atoms with Crippen molar-refractivity contribution in [1.82, 2.24) is 9.38 Å². The summed E-state index contributed by atoms with van der Waals surface area (Å²) in [5, 5.41) is 9.40. The number of benzene rings is 1. The van der Waals surface area contributed by atoms with Crippen LogP contribution in [0.25, 0.3) is 5.65 Å². The molecule has 0 amide bonds. The maximum absolute atomic E-state index is 9.40. The number of hydrogen-bond acceptors (Lipinski definition) is 2. The van der Waals surface area contributed by atoms with Crippen LogP contribution in [0.5, 0.6) is 0 Å². The van der Waals surface area contributed by atoms with Gasteiger partial charge in [-0.2, -0.15) is 5.26 Å². The van der Waals surface area contributed by atoms with Crippen molar-refractivity contribution in [2.24, 2.45) is 0 Å². The molecule has 0 spiro atoms. The number of hydrogen-bond donors (Lipinski definition) is 0. The summed E-state index contributed by atoms with van der Waals surface area (Å²) in [6.45, 7) is 0. The molecule has 3 aromatic rings. The third kappa shape index (κ3) is 2.25. The van der Waals surface area contributed by atoms with Gasteiger partial charge in [-0.3, -0.25) is 0 Å². The summed E-state index contributed by atoms with van der Waals surface area (Å²) in [5.41, 5.74) is 2.58. The number of rotatable bonds is 2. The lowest BCUT2D eigenvalue weighted by molar-refractivity contribution is 0.987. The molecule has 0 aliphatic rings. The minimum atomic E-state index is -0.333. The van der Waals surface area contributed by atoms with E-state index in [1.807, 2.05) is 59.3 Å². The van der Waals surface area contributed by atoms with Crippen LogP contribution in [0.4, 0.5) is 0 Å². The van der Waals surface area contributed by atoms with E-state index < -0.39 is 0 Å². The fourth-order valence-corrected chi connectivity index (χ4v) is 2.43. The maximum Gasteiger partial charge on any atom is 0.137 e. The molecule has 1 aromatic carbocycles. The third-order valence-electron chi connectivity index (χ3n) is 2.99. The average Bonchev–Trinajstić information content (AvgIpc) is 2.83. The highest BCUT2D eigenvalue weighted by molar-refractivity contribution is 9.10. The molecule has 0 aliphatic carbocycles. The van der Waals surface area contributed by atoms with E-state index in [0.717, 1.165) is 21.4 Å². The summed E-state index contributed by atoms with van der Waals surface area (Å²) in [6.07, 6.45) is 3.84. The van der Waals surface area contributed by atoms with E-state index in [-0.39, 0.29) is 5.92 Å². The highest BCUT2D eigenvalue weighted by atomic mass is 79.9. The van der Waals surface area contributed by atoms with Crippen LogP contribution in [0.15, 0.2) is 59.3 Å². The zero-order chi connectivity index (χ0) is 13.2. The van der Waals surface area contributed by atoms with E-state index in [1.165, 1.54) is 0 Å². The zero-order valence-electron chi connectivity index (χ0n) is 9.99. The van der Waals surface area contributed by atoms with Crippen LogP contribution in [-0.2, 0) is 0 Å². The Labute approximate surface area is 119 Å². The summed E-state index contributed by atoms with van der Waals surface area (Å²) in [7, 11) is 0. The van der Waals surface area contributed by atoms with E-state index in [1.54, 1.807) is 0 Å². The van der Waals surface area contributed by atoms with Gasteiger partial charge in [-0.05, 0) is 33.6 Å². The van der Waals surface area contributed by atoms with E-state index in [2.05, 4.69) is 27.0 Å². The third-order valence-corrected chi connectivity index (χ3v) is 3.46. The first-order chi connectivity index (χ1) is 9.28. The van der Waals surface area contributed by atoms with E-state index in [4.69, 9.17) is 0 Å². The molecule has 0 bridgehead atoms. The van der Waals surface area contributed by atoms with Gasteiger partial charge in [0, 0.05) is 16.9 Å². The van der Waals surface area contributed by atoms with E-state index in [0.29, 0.717) is 0 Å². The highest BCUT2D eigenvalue weighted by Crippen LogP contribution is 2.24. The van der Waals surface area contributed by atoms with Crippen LogP contribution in [0.3, 0.4) is 0 Å². The van der Waals surface area contributed by atoms with Gasteiger partial charge in [0.05, 0.1) is 11.8 Å². The molecule has 1 unspecified atom stereocenters. The van der Waals surface area contributed by atoms with Gasteiger partial charge in [0.2, 0.25) is 0 Å². The number of halogens is 1. The molecule has 0 radical (unpaired) electrons. The van der Waals surface area contributed by atoms with Gasteiger partial charge < -0.3 is 4.40 Å². The summed E-state index contributed by atoms with van der Waals surface area (Å²) >= 11 is 3.43. The molecule has 3 nitrogen and oxygen atoms in total. The van der Waals surface area contributed by atoms with E-state index >= 15 is 0 Å². The van der Waals surface area contributed by atoms with Gasteiger partial charge in [-0.15, -0.1) is 0 Å². The number of nitriles is 1. The van der Waals surface area contributed by atoms with Crippen molar-refractivity contribution >= 4 is 21.6 Å². The van der Waals surface area contributed by atoms with Crippen LogP contribution in [0.2, 0.25) is 0 Å². The second kappa shape index (κ2) is 4.87. The molecule has 0 N–H and O–H groups in total. The summed E-state index contributed by atoms with van der Waals surface area (Å²) in [4.78, 5) is 4.52. The molecule has 2 aromatic heterocycles. The summed E-state index contributed by atoms with van der Waals surface area (Å²) < 4.78 is 2.91. The van der Waals surface area contributed by atoms with Gasteiger partial charge >= 0.3 is 0 Å². The fraction of sp³-hybridized carbons (Fsp3) is 0.0667. The Hall–Kier alpha value is -2.12. The zero-order valence-corrected chi connectivity index (χ0v) is 11.6. The Kier molecular flexibility index (Phi) is 3.06. The minimum Gasteiger partial charge on any atom is -0.306 e. The SMILES string of the molecule is N#CC(c1ccccc1)c1cn2cc(Br)ccc2n1. The fourth-order valence-electron chi connectivity index (χ4n) is 2.08. The van der Waals surface area contributed by atoms with Crippen LogP contribution < -0.4 is 0 Å². The van der Waals surface area contributed by atoms with E-state index in [9.17, 15) is 5.26 Å². The van der Waals surface area contributed by atoms with Crippen LogP contribution in [0, 0.1) is 11.3 Å². The van der Waals surface area contributed by atoms with Crippen molar-refractivity contribution in [2.75, 3.05) is 0 Å². The van der Waals surface area contributed by atoms with Crippen LogP contribution >= 0.6 is 15.9 Å². The molecule has 92 valence electrons. The number of aromatic nitrogens is 2. The number of pyridine rings is 1. The number of nitrogens with zero attached hydrogens (tertiary/aromatic N) is 3. The Morgan fingerprint density at radius 1 is 1.11 bits per heavy atom. The van der Waals surface area contributed by atoms with Gasteiger partial charge in [-0.25, -0.2) is 4.98 Å². The summed E-state index contributed by atoms with van der Waals surface area (Å²) in [6, 6.07) is 15.9. The van der Waals surface area contributed by atoms with Crippen molar-refractivity contribution < 1.29 is 0 Å². The van der Waals surface area contributed by atoms with Crippen LogP contribution in [0.1, 0.15) is 17.2 Å². The highest BCUT2D eigenvalue weighted by Gasteiger charge is 2.16. The first kappa shape index (κ1) is 11.9. The molecular weight excluding hydrogens is 302 g/mol. The topological polar surface area (TPSA) is 41.1 Å². The Bertz CT molecular complexity index is 756. The minimum absolute atomic E-state index is 0.333. The lowest BCUT2D eigenvalue weighted by Crippen LogP contribution is -1.97. The quantitative estimate of drug-likeness (QED) is 0.723. The standard InChI is InChI=1S/C15H10BrN3/c16-12-6-7-15-18-14(10-19(15)9-12)13(8-17)11-4-2-1-3-5-11/h1-7,9-10,13H. The predicted octanol–water partition coefficient (Wildman–Crippen LogP) is 3.75. The largest absolute Gasteiger partial charge is 0.306 e. The normalized spacial score (nSPS) is 12.2. The molecule has 4 heteroatoms. The number of fused-ring (bicyclic) bond motifs is 1. The second-order valence-corrected chi connectivity index (χ2v) is 5.17. The molecule has 3 rings (SSSR count). The van der Waals surface area contributed by atoms with Gasteiger partial charge in [-0.1, -0.05) is 30.3 Å².